The highest BCUT2D eigenvalue weighted by Crippen LogP contribution is 2.48. The van der Waals surface area contributed by atoms with E-state index in [1.165, 1.54) is 7.11 Å². The zero-order valence-electron chi connectivity index (χ0n) is 17.4. The summed E-state index contributed by atoms with van der Waals surface area (Å²) >= 11 is 3.74. The fraction of sp³-hybridized carbons (Fsp3) is 0.478. The first-order valence-corrected chi connectivity index (χ1v) is 11.2. The molecule has 0 bridgehead atoms. The number of alkyl halides is 1. The van der Waals surface area contributed by atoms with Gasteiger partial charge in [0, 0.05) is 22.7 Å². The molecule has 0 aromatic heterocycles. The Labute approximate surface area is 185 Å². The molecule has 1 aromatic carbocycles. The van der Waals surface area contributed by atoms with Crippen LogP contribution in [0.5, 0.6) is 0 Å². The molecule has 4 atom stereocenters. The number of ether oxygens (including phenoxy) is 1. The number of hydrogen-bond donors (Lipinski definition) is 3. The molecule has 1 saturated carbocycles. The lowest BCUT2D eigenvalue weighted by Crippen LogP contribution is -2.51. The van der Waals surface area contributed by atoms with Crippen molar-refractivity contribution in [1.82, 2.24) is 10.6 Å². The van der Waals surface area contributed by atoms with Crippen molar-refractivity contribution in [3.8, 4) is 0 Å². The van der Waals surface area contributed by atoms with Gasteiger partial charge in [-0.15, -0.1) is 0 Å². The molecule has 7 heteroatoms. The maximum atomic E-state index is 13.0. The minimum Gasteiger partial charge on any atom is -0.507 e. The van der Waals surface area contributed by atoms with Gasteiger partial charge in [-0.1, -0.05) is 65.2 Å². The summed E-state index contributed by atoms with van der Waals surface area (Å²) in [4.78, 5) is 25.1. The summed E-state index contributed by atoms with van der Waals surface area (Å²) < 4.78 is 4.87. The van der Waals surface area contributed by atoms with Gasteiger partial charge in [-0.25, -0.2) is 4.79 Å². The van der Waals surface area contributed by atoms with E-state index >= 15 is 0 Å². The Bertz CT molecular complexity index is 839. The molecule has 162 valence electrons. The summed E-state index contributed by atoms with van der Waals surface area (Å²) in [7, 11) is 3.22. The quantitative estimate of drug-likeness (QED) is 0.433. The topological polar surface area (TPSA) is 87.7 Å². The van der Waals surface area contributed by atoms with Crippen molar-refractivity contribution < 1.29 is 19.4 Å². The van der Waals surface area contributed by atoms with Crippen molar-refractivity contribution in [1.29, 1.82) is 0 Å². The summed E-state index contributed by atoms with van der Waals surface area (Å²) in [6, 6.07) is 8.78. The number of aliphatic hydroxyl groups excluding tert-OH is 1. The van der Waals surface area contributed by atoms with Crippen LogP contribution in [0.1, 0.15) is 31.2 Å². The van der Waals surface area contributed by atoms with Gasteiger partial charge in [0.05, 0.1) is 12.7 Å². The minimum atomic E-state index is -0.844. The van der Waals surface area contributed by atoms with E-state index in [9.17, 15) is 14.7 Å². The van der Waals surface area contributed by atoms with Crippen LogP contribution in [0.15, 0.2) is 53.8 Å². The Kier molecular flexibility index (Phi) is 7.36. The van der Waals surface area contributed by atoms with E-state index in [1.54, 1.807) is 6.08 Å². The first-order chi connectivity index (χ1) is 14.4. The van der Waals surface area contributed by atoms with Gasteiger partial charge in [-0.2, -0.15) is 0 Å². The Hall–Kier alpha value is -2.12. The lowest BCUT2D eigenvalue weighted by atomic mass is 9.65. The Morgan fingerprint density at radius 3 is 2.70 bits per heavy atom. The minimum absolute atomic E-state index is 0.0475. The number of amides is 1. The average Bonchev–Trinajstić information content (AvgIpc) is 2.76. The first kappa shape index (κ1) is 22.6. The molecular weight excluding hydrogens is 448 g/mol. The van der Waals surface area contributed by atoms with E-state index in [0.717, 1.165) is 31.2 Å². The maximum Gasteiger partial charge on any atom is 0.328 e. The molecule has 1 amide bonds. The van der Waals surface area contributed by atoms with Crippen LogP contribution in [0, 0.1) is 5.41 Å². The molecule has 0 radical (unpaired) electrons. The lowest BCUT2D eigenvalue weighted by molar-refractivity contribution is -0.144. The first-order valence-electron chi connectivity index (χ1n) is 10.3. The predicted octanol–water partition coefficient (Wildman–Crippen LogP) is 3.18. The van der Waals surface area contributed by atoms with Crippen molar-refractivity contribution in [2.75, 3.05) is 14.2 Å². The van der Waals surface area contributed by atoms with Gasteiger partial charge in [-0.3, -0.25) is 4.79 Å². The number of esters is 1. The molecule has 1 spiro atoms. The van der Waals surface area contributed by atoms with E-state index < -0.39 is 17.9 Å². The molecule has 1 aromatic rings. The fourth-order valence-corrected chi connectivity index (χ4v) is 5.50. The maximum absolute atomic E-state index is 13.0. The van der Waals surface area contributed by atoms with Crippen LogP contribution < -0.4 is 10.6 Å². The Morgan fingerprint density at radius 2 is 2.03 bits per heavy atom. The van der Waals surface area contributed by atoms with Crippen molar-refractivity contribution in [3.05, 3.63) is 59.4 Å². The van der Waals surface area contributed by atoms with E-state index in [2.05, 4.69) is 26.6 Å². The molecule has 0 saturated heterocycles. The molecule has 1 fully saturated rings. The number of rotatable bonds is 6. The number of methoxy groups -OCH3 is 1. The van der Waals surface area contributed by atoms with Gasteiger partial charge in [0.25, 0.3) is 5.91 Å². The van der Waals surface area contributed by atoms with E-state index in [0.29, 0.717) is 6.42 Å². The van der Waals surface area contributed by atoms with Crippen molar-refractivity contribution in [2.24, 2.45) is 5.41 Å². The number of halogens is 1. The zero-order valence-corrected chi connectivity index (χ0v) is 18.9. The number of nitrogens with one attached hydrogen (secondary N) is 2. The highest BCUT2D eigenvalue weighted by molar-refractivity contribution is 9.09. The summed E-state index contributed by atoms with van der Waals surface area (Å²) in [5.41, 5.74) is 0.791. The Morgan fingerprint density at radius 1 is 1.30 bits per heavy atom. The van der Waals surface area contributed by atoms with Gasteiger partial charge < -0.3 is 20.5 Å². The van der Waals surface area contributed by atoms with Crippen molar-refractivity contribution in [3.63, 3.8) is 0 Å². The van der Waals surface area contributed by atoms with Gasteiger partial charge in [0.15, 0.2) is 0 Å². The summed E-state index contributed by atoms with van der Waals surface area (Å²) in [6.07, 6.45) is 8.02. The van der Waals surface area contributed by atoms with Crippen LogP contribution in [0.25, 0.3) is 0 Å². The third-order valence-electron chi connectivity index (χ3n) is 6.18. The second-order valence-electron chi connectivity index (χ2n) is 7.95. The normalized spacial score (nSPS) is 27.0. The summed E-state index contributed by atoms with van der Waals surface area (Å²) in [6.45, 7) is 0. The molecule has 3 rings (SSSR count). The number of aliphatic hydroxyl groups is 1. The molecule has 3 N–H and O–H groups in total. The fourth-order valence-electron chi connectivity index (χ4n) is 4.55. The van der Waals surface area contributed by atoms with Gasteiger partial charge in [-0.05, 0) is 31.5 Å². The molecular formula is C23H29BrN2O4. The lowest BCUT2D eigenvalue weighted by Gasteiger charge is -2.46. The van der Waals surface area contributed by atoms with Gasteiger partial charge >= 0.3 is 5.97 Å². The third-order valence-corrected chi connectivity index (χ3v) is 7.29. The van der Waals surface area contributed by atoms with Crippen LogP contribution in [0.3, 0.4) is 0 Å². The second-order valence-corrected chi connectivity index (χ2v) is 8.94. The number of hydrogen-bond acceptors (Lipinski definition) is 5. The molecule has 6 nitrogen and oxygen atoms in total. The van der Waals surface area contributed by atoms with Gasteiger partial charge in [0.2, 0.25) is 0 Å². The monoisotopic (exact) mass is 476 g/mol. The molecule has 4 unspecified atom stereocenters. The largest absolute Gasteiger partial charge is 0.507 e. The molecule has 2 aliphatic carbocycles. The van der Waals surface area contributed by atoms with E-state index in [1.807, 2.05) is 43.5 Å². The highest BCUT2D eigenvalue weighted by atomic mass is 79.9. The van der Waals surface area contributed by atoms with E-state index in [-0.39, 0.29) is 27.6 Å². The van der Waals surface area contributed by atoms with Crippen LogP contribution >= 0.6 is 15.9 Å². The molecule has 2 aliphatic rings. The molecule has 0 aliphatic heterocycles. The smallest absolute Gasteiger partial charge is 0.328 e. The number of carbonyl (C=O) groups is 2. The van der Waals surface area contributed by atoms with Crippen LogP contribution in [0.4, 0.5) is 0 Å². The number of benzene rings is 1. The Balaban J connectivity index is 1.79. The van der Waals surface area contributed by atoms with Crippen LogP contribution in [0.2, 0.25) is 0 Å². The number of allylic oxidation sites excluding steroid dienone is 1. The second kappa shape index (κ2) is 9.79. The van der Waals surface area contributed by atoms with Crippen LogP contribution in [-0.2, 0) is 20.7 Å². The SMILES string of the molecule is CNC1CCCCC12C=C(O)C(C(=O)NC(Cc1ccccc1)C(=O)OC)=CC2Br. The standard InChI is InChI=1S/C23H29BrN2O4/c1-25-20-10-6-7-11-23(20)14-18(27)16(13-19(23)24)21(28)26-17(22(29)30-2)12-15-8-4-3-5-9-15/h3-5,8-9,13-14,17,19-20,25,27H,6-7,10-12H2,1-2H3,(H,26,28). The van der Waals surface area contributed by atoms with Crippen molar-refractivity contribution >= 4 is 27.8 Å². The van der Waals surface area contributed by atoms with Crippen molar-refractivity contribution in [2.45, 2.75) is 49.0 Å². The summed E-state index contributed by atoms with van der Waals surface area (Å²) in [5.74, 6) is -1.07. The van der Waals surface area contributed by atoms with E-state index in [4.69, 9.17) is 4.74 Å². The van der Waals surface area contributed by atoms with Crippen LogP contribution in [-0.4, -0.2) is 48.1 Å². The predicted molar refractivity (Wildman–Crippen MR) is 119 cm³/mol. The average molecular weight is 477 g/mol. The summed E-state index contributed by atoms with van der Waals surface area (Å²) in [5, 5.41) is 16.9. The highest BCUT2D eigenvalue weighted by Gasteiger charge is 2.46. The molecule has 30 heavy (non-hydrogen) atoms. The zero-order chi connectivity index (χ0) is 21.7. The third kappa shape index (κ3) is 4.62. The molecule has 0 heterocycles. The van der Waals surface area contributed by atoms with Gasteiger partial charge in [0.1, 0.15) is 11.8 Å². The number of carbonyl (C=O) groups excluding carboxylic acids is 2.